The quantitative estimate of drug-likeness (QED) is 0.810. The molecule has 1 unspecified atom stereocenters. The van der Waals surface area contributed by atoms with Crippen LogP contribution in [0.15, 0.2) is 18.2 Å². The second kappa shape index (κ2) is 6.81. The van der Waals surface area contributed by atoms with Crippen LogP contribution in [-0.2, 0) is 0 Å². The van der Waals surface area contributed by atoms with Crippen LogP contribution in [0, 0.1) is 0 Å². The van der Waals surface area contributed by atoms with Crippen LogP contribution in [0.25, 0.3) is 0 Å². The van der Waals surface area contributed by atoms with E-state index in [-0.39, 0.29) is 6.10 Å². The van der Waals surface area contributed by atoms with Crippen molar-refractivity contribution in [3.63, 3.8) is 0 Å². The molecule has 5 nitrogen and oxygen atoms in total. The van der Waals surface area contributed by atoms with E-state index in [4.69, 9.17) is 10.5 Å². The number of aliphatic hydroxyl groups is 1. The number of hydrogen-bond donors (Lipinski definition) is 2. The Kier molecular flexibility index (Phi) is 5.09. The molecule has 0 aromatic heterocycles. The van der Waals surface area contributed by atoms with Crippen LogP contribution in [0.4, 0.5) is 11.4 Å². The number of rotatable bonds is 4. The fourth-order valence-corrected chi connectivity index (χ4v) is 2.68. The fourth-order valence-electron chi connectivity index (χ4n) is 2.68. The third-order valence-electron chi connectivity index (χ3n) is 3.69. The Hall–Kier alpha value is -1.46. The lowest BCUT2D eigenvalue weighted by atomic mass is 10.2. The zero-order valence-electron chi connectivity index (χ0n) is 12.4. The maximum Gasteiger partial charge on any atom is 0.143 e. The van der Waals surface area contributed by atoms with Gasteiger partial charge in [0.2, 0.25) is 0 Å². The molecule has 1 heterocycles. The largest absolute Gasteiger partial charge is 0.495 e. The van der Waals surface area contributed by atoms with E-state index in [0.717, 1.165) is 50.6 Å². The minimum Gasteiger partial charge on any atom is -0.495 e. The number of ether oxygens (including phenoxy) is 1. The predicted molar refractivity (Wildman–Crippen MR) is 82.4 cm³/mol. The van der Waals surface area contributed by atoms with Gasteiger partial charge in [0.1, 0.15) is 5.75 Å². The number of β-amino-alcohol motifs (C(OH)–C–C–N with tert-alkyl or cyclic N) is 1. The van der Waals surface area contributed by atoms with Gasteiger partial charge >= 0.3 is 0 Å². The molecule has 0 bridgehead atoms. The fraction of sp³-hybridized carbons (Fsp3) is 0.600. The van der Waals surface area contributed by atoms with Crippen molar-refractivity contribution in [1.29, 1.82) is 0 Å². The number of methoxy groups -OCH3 is 1. The molecular weight excluding hydrogens is 254 g/mol. The lowest BCUT2D eigenvalue weighted by molar-refractivity contribution is 0.131. The Labute approximate surface area is 120 Å². The molecule has 1 atom stereocenters. The summed E-state index contributed by atoms with van der Waals surface area (Å²) in [7, 11) is 1.64. The summed E-state index contributed by atoms with van der Waals surface area (Å²) in [5, 5.41) is 9.49. The smallest absolute Gasteiger partial charge is 0.143 e. The lowest BCUT2D eigenvalue weighted by Crippen LogP contribution is -2.35. The molecule has 1 saturated heterocycles. The molecule has 1 aliphatic heterocycles. The Morgan fingerprint density at radius 2 is 2.10 bits per heavy atom. The van der Waals surface area contributed by atoms with Gasteiger partial charge < -0.3 is 20.5 Å². The number of hydrogen-bond acceptors (Lipinski definition) is 5. The van der Waals surface area contributed by atoms with Crippen LogP contribution in [-0.4, -0.2) is 55.9 Å². The average Bonchev–Trinajstić information content (AvgIpc) is 2.64. The minimum atomic E-state index is -0.266. The second-order valence-corrected chi connectivity index (χ2v) is 5.42. The molecule has 0 radical (unpaired) electrons. The number of nitrogens with zero attached hydrogens (tertiary/aromatic N) is 2. The van der Waals surface area contributed by atoms with E-state index < -0.39 is 0 Å². The van der Waals surface area contributed by atoms with Gasteiger partial charge in [0, 0.05) is 37.9 Å². The molecule has 3 N–H and O–H groups in total. The molecular formula is C15H25N3O2. The summed E-state index contributed by atoms with van der Waals surface area (Å²) in [6.45, 7) is 6.57. The van der Waals surface area contributed by atoms with Crippen LogP contribution in [0.5, 0.6) is 5.75 Å². The first-order valence-electron chi connectivity index (χ1n) is 7.19. The van der Waals surface area contributed by atoms with E-state index in [2.05, 4.69) is 9.80 Å². The molecule has 1 fully saturated rings. The third-order valence-corrected chi connectivity index (χ3v) is 3.69. The number of nitrogen functional groups attached to an aromatic ring is 1. The molecule has 1 aliphatic rings. The maximum absolute atomic E-state index is 9.49. The van der Waals surface area contributed by atoms with Crippen molar-refractivity contribution in [3.05, 3.63) is 18.2 Å². The first kappa shape index (κ1) is 14.9. The van der Waals surface area contributed by atoms with Gasteiger partial charge in [-0.05, 0) is 32.0 Å². The maximum atomic E-state index is 9.49. The molecule has 1 aromatic carbocycles. The normalized spacial score (nSPS) is 18.6. The van der Waals surface area contributed by atoms with E-state index in [9.17, 15) is 5.11 Å². The van der Waals surface area contributed by atoms with E-state index in [0.29, 0.717) is 5.69 Å². The Balaban J connectivity index is 2.03. The van der Waals surface area contributed by atoms with Crippen LogP contribution < -0.4 is 15.4 Å². The van der Waals surface area contributed by atoms with Gasteiger partial charge in [0.25, 0.3) is 0 Å². The summed E-state index contributed by atoms with van der Waals surface area (Å²) in [5.74, 6) is 0.729. The van der Waals surface area contributed by atoms with Gasteiger partial charge in [0.15, 0.2) is 0 Å². The summed E-state index contributed by atoms with van der Waals surface area (Å²) in [4.78, 5) is 4.67. The monoisotopic (exact) mass is 279 g/mol. The first-order valence-corrected chi connectivity index (χ1v) is 7.19. The van der Waals surface area contributed by atoms with Gasteiger partial charge in [-0.15, -0.1) is 0 Å². The van der Waals surface area contributed by atoms with Crippen LogP contribution in [0.1, 0.15) is 13.3 Å². The number of benzene rings is 1. The molecule has 2 rings (SSSR count). The molecule has 5 heteroatoms. The van der Waals surface area contributed by atoms with Gasteiger partial charge in [-0.2, -0.15) is 0 Å². The zero-order chi connectivity index (χ0) is 14.5. The van der Waals surface area contributed by atoms with E-state index >= 15 is 0 Å². The van der Waals surface area contributed by atoms with Gasteiger partial charge in [-0.25, -0.2) is 0 Å². The highest BCUT2D eigenvalue weighted by molar-refractivity contribution is 5.62. The van der Waals surface area contributed by atoms with Gasteiger partial charge in [-0.3, -0.25) is 4.90 Å². The second-order valence-electron chi connectivity index (χ2n) is 5.42. The van der Waals surface area contributed by atoms with Crippen LogP contribution in [0.2, 0.25) is 0 Å². The van der Waals surface area contributed by atoms with Crippen molar-refractivity contribution in [2.24, 2.45) is 0 Å². The van der Waals surface area contributed by atoms with Crippen molar-refractivity contribution >= 4 is 11.4 Å². The predicted octanol–water partition coefficient (Wildman–Crippen LogP) is 1.17. The summed E-state index contributed by atoms with van der Waals surface area (Å²) in [5.41, 5.74) is 7.67. The molecule has 0 spiro atoms. The number of nitrogens with two attached hydrogens (primary N) is 1. The van der Waals surface area contributed by atoms with E-state index in [1.807, 2.05) is 25.1 Å². The summed E-state index contributed by atoms with van der Waals surface area (Å²) in [6, 6.07) is 5.94. The van der Waals surface area contributed by atoms with E-state index in [1.54, 1.807) is 7.11 Å². The topological polar surface area (TPSA) is 62.0 Å². The van der Waals surface area contributed by atoms with Crippen LogP contribution in [0.3, 0.4) is 0 Å². The third kappa shape index (κ3) is 3.77. The van der Waals surface area contributed by atoms with Crippen molar-refractivity contribution in [2.45, 2.75) is 19.4 Å². The van der Waals surface area contributed by atoms with Crippen molar-refractivity contribution in [3.8, 4) is 5.75 Å². The van der Waals surface area contributed by atoms with Crippen molar-refractivity contribution in [1.82, 2.24) is 4.90 Å². The minimum absolute atomic E-state index is 0.266. The van der Waals surface area contributed by atoms with Gasteiger partial charge in [0.05, 0.1) is 18.9 Å². The number of anilines is 2. The van der Waals surface area contributed by atoms with Crippen molar-refractivity contribution in [2.75, 3.05) is 50.5 Å². The highest BCUT2D eigenvalue weighted by atomic mass is 16.5. The Morgan fingerprint density at radius 1 is 1.30 bits per heavy atom. The molecule has 0 amide bonds. The van der Waals surface area contributed by atoms with Crippen molar-refractivity contribution < 1.29 is 9.84 Å². The van der Waals surface area contributed by atoms with Gasteiger partial charge in [-0.1, -0.05) is 0 Å². The Morgan fingerprint density at radius 3 is 2.80 bits per heavy atom. The first-order chi connectivity index (χ1) is 9.60. The molecule has 112 valence electrons. The number of aliphatic hydroxyl groups excluding tert-OH is 1. The Bertz CT molecular complexity index is 437. The highest BCUT2D eigenvalue weighted by Crippen LogP contribution is 2.28. The highest BCUT2D eigenvalue weighted by Gasteiger charge is 2.17. The van der Waals surface area contributed by atoms with Crippen LogP contribution >= 0.6 is 0 Å². The summed E-state index contributed by atoms with van der Waals surface area (Å²) < 4.78 is 5.29. The zero-order valence-corrected chi connectivity index (χ0v) is 12.4. The molecule has 0 aliphatic carbocycles. The SMILES string of the molecule is COc1cc(N2CCCN(CC(C)O)CC2)ccc1N. The lowest BCUT2D eigenvalue weighted by Gasteiger charge is -2.24. The molecule has 1 aromatic rings. The molecule has 20 heavy (non-hydrogen) atoms. The average molecular weight is 279 g/mol. The standard InChI is InChI=1S/C15H25N3O2/c1-12(19)11-17-6-3-7-18(9-8-17)13-4-5-14(16)15(10-13)20-2/h4-5,10,12,19H,3,6-9,11,16H2,1-2H3. The van der Waals surface area contributed by atoms with E-state index in [1.165, 1.54) is 0 Å². The summed E-state index contributed by atoms with van der Waals surface area (Å²) >= 11 is 0. The summed E-state index contributed by atoms with van der Waals surface area (Å²) in [6.07, 6.45) is 0.831. The molecule has 0 saturated carbocycles.